The van der Waals surface area contributed by atoms with Crippen LogP contribution in [0.3, 0.4) is 0 Å². The summed E-state index contributed by atoms with van der Waals surface area (Å²) < 4.78 is 0. The third-order valence-electron chi connectivity index (χ3n) is 5.38. The lowest BCUT2D eigenvalue weighted by Gasteiger charge is -2.17. The quantitative estimate of drug-likeness (QED) is 0.728. The number of hydrogen-bond acceptors (Lipinski definition) is 3. The highest BCUT2D eigenvalue weighted by atomic mass is 16.4. The van der Waals surface area contributed by atoms with Crippen molar-refractivity contribution in [1.29, 1.82) is 0 Å². The van der Waals surface area contributed by atoms with Crippen LogP contribution in [0.5, 0.6) is 0 Å². The first-order valence-electron chi connectivity index (χ1n) is 9.28. The molecule has 6 nitrogen and oxygen atoms in total. The predicted molar refractivity (Wildman–Crippen MR) is 105 cm³/mol. The van der Waals surface area contributed by atoms with E-state index in [2.05, 4.69) is 10.2 Å². The minimum atomic E-state index is -0.933. The van der Waals surface area contributed by atoms with Gasteiger partial charge in [0.15, 0.2) is 0 Å². The van der Waals surface area contributed by atoms with Crippen molar-refractivity contribution >= 4 is 11.9 Å². The van der Waals surface area contributed by atoms with Crippen LogP contribution in [0, 0.1) is 6.92 Å². The molecule has 0 unspecified atom stereocenters. The Morgan fingerprint density at radius 2 is 1.82 bits per heavy atom. The summed E-state index contributed by atoms with van der Waals surface area (Å²) in [6.07, 6.45) is 0.745. The second-order valence-electron chi connectivity index (χ2n) is 7.07. The van der Waals surface area contributed by atoms with Crippen LogP contribution in [0.2, 0.25) is 0 Å². The number of hydrogen-bond donors (Lipinski definition) is 2. The molecule has 1 saturated heterocycles. The molecule has 2 N–H and O–H groups in total. The Hall–Kier alpha value is -3.41. The fourth-order valence-electron chi connectivity index (χ4n) is 3.89. The van der Waals surface area contributed by atoms with Gasteiger partial charge < -0.3 is 10.0 Å². The Kier molecular flexibility index (Phi) is 4.69. The molecule has 0 bridgehead atoms. The van der Waals surface area contributed by atoms with Gasteiger partial charge in [0.1, 0.15) is 5.69 Å². The number of rotatable bonds is 4. The Morgan fingerprint density at radius 3 is 2.57 bits per heavy atom. The van der Waals surface area contributed by atoms with Crippen molar-refractivity contribution in [2.75, 3.05) is 13.1 Å². The SMILES string of the molecule is Cc1c(-c2ccccc2)n[nH]c1C(=O)N1CC[C@H](c2ccccc2C(=O)O)C1. The van der Waals surface area contributed by atoms with E-state index in [1.54, 1.807) is 17.0 Å². The molecule has 142 valence electrons. The van der Waals surface area contributed by atoms with Gasteiger partial charge in [0.05, 0.1) is 11.3 Å². The number of nitrogens with one attached hydrogen (secondary N) is 1. The van der Waals surface area contributed by atoms with Crippen LogP contribution >= 0.6 is 0 Å². The average Bonchev–Trinajstić information content (AvgIpc) is 3.35. The number of carbonyl (C=O) groups excluding carboxylic acids is 1. The second kappa shape index (κ2) is 7.31. The molecule has 6 heteroatoms. The van der Waals surface area contributed by atoms with Gasteiger partial charge in [-0.25, -0.2) is 4.79 Å². The van der Waals surface area contributed by atoms with Gasteiger partial charge in [-0.15, -0.1) is 0 Å². The van der Waals surface area contributed by atoms with Crippen LogP contribution in [0.15, 0.2) is 54.6 Å². The molecule has 0 radical (unpaired) electrons. The molecule has 1 aromatic heterocycles. The molecule has 2 aromatic carbocycles. The predicted octanol–water partition coefficient (Wildman–Crippen LogP) is 3.71. The lowest BCUT2D eigenvalue weighted by molar-refractivity contribution is 0.0695. The number of aromatic carboxylic acids is 1. The Bertz CT molecular complexity index is 1030. The number of nitrogens with zero attached hydrogens (tertiary/aromatic N) is 2. The number of aromatic amines is 1. The van der Waals surface area contributed by atoms with Gasteiger partial charge in [0, 0.05) is 30.1 Å². The summed E-state index contributed by atoms with van der Waals surface area (Å²) >= 11 is 0. The molecule has 1 aliphatic heterocycles. The molecule has 1 aliphatic rings. The first-order chi connectivity index (χ1) is 13.6. The second-order valence-corrected chi connectivity index (χ2v) is 7.07. The maximum atomic E-state index is 13.0. The van der Waals surface area contributed by atoms with E-state index in [1.807, 2.05) is 49.4 Å². The van der Waals surface area contributed by atoms with Crippen molar-refractivity contribution in [3.63, 3.8) is 0 Å². The van der Waals surface area contributed by atoms with E-state index in [4.69, 9.17) is 0 Å². The van der Waals surface area contributed by atoms with Gasteiger partial charge in [-0.1, -0.05) is 48.5 Å². The molecule has 0 spiro atoms. The van der Waals surface area contributed by atoms with Crippen LogP contribution in [0.1, 0.15) is 44.3 Å². The highest BCUT2D eigenvalue weighted by molar-refractivity contribution is 5.95. The van der Waals surface area contributed by atoms with E-state index in [1.165, 1.54) is 0 Å². The van der Waals surface area contributed by atoms with E-state index in [9.17, 15) is 14.7 Å². The molecule has 3 aromatic rings. The fourth-order valence-corrected chi connectivity index (χ4v) is 3.89. The fraction of sp³-hybridized carbons (Fsp3) is 0.227. The largest absolute Gasteiger partial charge is 0.478 e. The number of H-pyrrole nitrogens is 1. The van der Waals surface area contributed by atoms with Crippen molar-refractivity contribution in [1.82, 2.24) is 15.1 Å². The molecular weight excluding hydrogens is 354 g/mol. The van der Waals surface area contributed by atoms with E-state index in [-0.39, 0.29) is 11.8 Å². The number of benzene rings is 2. The maximum Gasteiger partial charge on any atom is 0.335 e. The normalized spacial score (nSPS) is 16.3. The summed E-state index contributed by atoms with van der Waals surface area (Å²) in [7, 11) is 0. The Labute approximate surface area is 162 Å². The van der Waals surface area contributed by atoms with Crippen LogP contribution in [0.4, 0.5) is 0 Å². The molecule has 28 heavy (non-hydrogen) atoms. The van der Waals surface area contributed by atoms with Crippen molar-refractivity contribution in [3.05, 3.63) is 77.0 Å². The van der Waals surface area contributed by atoms with Gasteiger partial charge in [0.2, 0.25) is 0 Å². The van der Waals surface area contributed by atoms with Gasteiger partial charge in [-0.3, -0.25) is 9.89 Å². The molecule has 0 saturated carbocycles. The first kappa shape index (κ1) is 18.0. The summed E-state index contributed by atoms with van der Waals surface area (Å²) in [4.78, 5) is 26.3. The van der Waals surface area contributed by atoms with Crippen LogP contribution in [-0.2, 0) is 0 Å². The van der Waals surface area contributed by atoms with Crippen LogP contribution in [0.25, 0.3) is 11.3 Å². The summed E-state index contributed by atoms with van der Waals surface area (Å²) in [6, 6.07) is 16.8. The smallest absolute Gasteiger partial charge is 0.335 e. The van der Waals surface area contributed by atoms with Crippen molar-refractivity contribution < 1.29 is 14.7 Å². The van der Waals surface area contributed by atoms with Crippen molar-refractivity contribution in [2.24, 2.45) is 0 Å². The lowest BCUT2D eigenvalue weighted by atomic mass is 9.93. The van der Waals surface area contributed by atoms with Gasteiger partial charge in [0.25, 0.3) is 5.91 Å². The number of carbonyl (C=O) groups is 2. The van der Waals surface area contributed by atoms with E-state index in [0.717, 1.165) is 28.8 Å². The van der Waals surface area contributed by atoms with E-state index < -0.39 is 5.97 Å². The number of likely N-dealkylation sites (tertiary alicyclic amines) is 1. The van der Waals surface area contributed by atoms with E-state index >= 15 is 0 Å². The lowest BCUT2D eigenvalue weighted by Crippen LogP contribution is -2.29. The third kappa shape index (κ3) is 3.17. The standard InChI is InChI=1S/C22H21N3O3/c1-14-19(15-7-3-2-4-8-15)23-24-20(14)21(26)25-12-11-16(13-25)17-9-5-6-10-18(17)22(27)28/h2-10,16H,11-13H2,1H3,(H,23,24)(H,27,28)/t16-/m0/s1. The molecule has 1 atom stereocenters. The summed E-state index contributed by atoms with van der Waals surface area (Å²) in [6.45, 7) is 2.99. The summed E-state index contributed by atoms with van der Waals surface area (Å²) in [5.41, 5.74) is 4.15. The summed E-state index contributed by atoms with van der Waals surface area (Å²) in [5, 5.41) is 16.7. The van der Waals surface area contributed by atoms with Gasteiger partial charge in [-0.05, 0) is 25.0 Å². The van der Waals surface area contributed by atoms with Gasteiger partial charge >= 0.3 is 5.97 Å². The molecule has 2 heterocycles. The molecule has 0 aliphatic carbocycles. The zero-order valence-electron chi connectivity index (χ0n) is 15.6. The number of carboxylic acids is 1. The summed E-state index contributed by atoms with van der Waals surface area (Å²) in [5.74, 6) is -1.01. The zero-order chi connectivity index (χ0) is 19.7. The topological polar surface area (TPSA) is 86.3 Å². The number of carboxylic acid groups (broad SMARTS) is 1. The third-order valence-corrected chi connectivity index (χ3v) is 5.38. The van der Waals surface area contributed by atoms with Gasteiger partial charge in [-0.2, -0.15) is 5.10 Å². The average molecular weight is 375 g/mol. The van der Waals surface area contributed by atoms with Crippen molar-refractivity contribution in [3.8, 4) is 11.3 Å². The highest BCUT2D eigenvalue weighted by Crippen LogP contribution is 2.31. The minimum absolute atomic E-state index is 0.0214. The maximum absolute atomic E-state index is 13.0. The molecule has 4 rings (SSSR count). The van der Waals surface area contributed by atoms with E-state index in [0.29, 0.717) is 24.3 Å². The van der Waals surface area contributed by atoms with Crippen LogP contribution in [-0.4, -0.2) is 45.2 Å². The zero-order valence-corrected chi connectivity index (χ0v) is 15.6. The molecule has 1 amide bonds. The Balaban J connectivity index is 1.55. The monoisotopic (exact) mass is 375 g/mol. The number of aromatic nitrogens is 2. The van der Waals surface area contributed by atoms with Crippen molar-refractivity contribution in [2.45, 2.75) is 19.3 Å². The first-order valence-corrected chi connectivity index (χ1v) is 9.28. The number of amides is 1. The van der Waals surface area contributed by atoms with Crippen LogP contribution < -0.4 is 0 Å². The Morgan fingerprint density at radius 1 is 1.11 bits per heavy atom. The molecular formula is C22H21N3O3. The minimum Gasteiger partial charge on any atom is -0.478 e. The molecule has 1 fully saturated rings. The highest BCUT2D eigenvalue weighted by Gasteiger charge is 2.31.